The molecule has 17 heavy (non-hydrogen) atoms. The third-order valence-corrected chi connectivity index (χ3v) is 2.78. The molecule has 1 heterocycles. The van der Waals surface area contributed by atoms with E-state index in [1.54, 1.807) is 7.05 Å². The number of likely N-dealkylation sites (tertiary alicyclic amines) is 1. The van der Waals surface area contributed by atoms with Gasteiger partial charge in [0.2, 0.25) is 5.91 Å². The first kappa shape index (κ1) is 13.3. The van der Waals surface area contributed by atoms with Crippen molar-refractivity contribution >= 4 is 17.9 Å². The SMILES string of the molecule is CNC(=O)CCN(C)C(=O)N1CC(C(=O)O)C1. The Hall–Kier alpha value is -1.79. The normalized spacial score (nSPS) is 15.1. The van der Waals surface area contributed by atoms with Gasteiger partial charge in [0.1, 0.15) is 0 Å². The largest absolute Gasteiger partial charge is 0.481 e. The minimum atomic E-state index is -0.873. The molecule has 0 radical (unpaired) electrons. The molecule has 96 valence electrons. The van der Waals surface area contributed by atoms with Crippen molar-refractivity contribution in [2.75, 3.05) is 33.7 Å². The smallest absolute Gasteiger partial charge is 0.319 e. The third-order valence-electron chi connectivity index (χ3n) is 2.78. The summed E-state index contributed by atoms with van der Waals surface area (Å²) in [5, 5.41) is 11.1. The number of carbonyl (C=O) groups excluding carboxylic acids is 2. The van der Waals surface area contributed by atoms with E-state index in [0.717, 1.165) is 0 Å². The van der Waals surface area contributed by atoms with Gasteiger partial charge in [-0.3, -0.25) is 9.59 Å². The van der Waals surface area contributed by atoms with Crippen molar-refractivity contribution in [3.05, 3.63) is 0 Å². The van der Waals surface area contributed by atoms with E-state index in [2.05, 4.69) is 5.32 Å². The second-order valence-corrected chi connectivity index (χ2v) is 4.07. The Morgan fingerprint density at radius 2 is 2.00 bits per heavy atom. The summed E-state index contributed by atoms with van der Waals surface area (Å²) >= 11 is 0. The highest BCUT2D eigenvalue weighted by Crippen LogP contribution is 2.17. The third kappa shape index (κ3) is 3.33. The van der Waals surface area contributed by atoms with Gasteiger partial charge in [-0.1, -0.05) is 0 Å². The van der Waals surface area contributed by atoms with Crippen molar-refractivity contribution in [2.45, 2.75) is 6.42 Å². The lowest BCUT2D eigenvalue weighted by molar-refractivity contribution is -0.146. The minimum Gasteiger partial charge on any atom is -0.481 e. The van der Waals surface area contributed by atoms with E-state index < -0.39 is 11.9 Å². The van der Waals surface area contributed by atoms with Gasteiger partial charge in [0.15, 0.2) is 0 Å². The molecule has 0 saturated carbocycles. The Bertz CT molecular complexity index is 326. The number of nitrogens with zero attached hydrogens (tertiary/aromatic N) is 2. The molecule has 1 fully saturated rings. The van der Waals surface area contributed by atoms with Crippen LogP contribution in [0.2, 0.25) is 0 Å². The van der Waals surface area contributed by atoms with E-state index in [-0.39, 0.29) is 31.4 Å². The standard InChI is InChI=1S/C10H17N3O4/c1-11-8(14)3-4-12(2)10(17)13-5-7(6-13)9(15)16/h7H,3-6H2,1-2H3,(H,11,14)(H,15,16). The summed E-state index contributed by atoms with van der Waals surface area (Å²) in [6.07, 6.45) is 0.245. The van der Waals surface area contributed by atoms with E-state index in [9.17, 15) is 14.4 Å². The summed E-state index contributed by atoms with van der Waals surface area (Å²) in [5.74, 6) is -1.45. The number of amides is 3. The zero-order valence-electron chi connectivity index (χ0n) is 9.97. The predicted molar refractivity (Wildman–Crippen MR) is 59.4 cm³/mol. The first-order valence-electron chi connectivity index (χ1n) is 5.39. The zero-order valence-corrected chi connectivity index (χ0v) is 9.97. The number of hydrogen-bond donors (Lipinski definition) is 2. The van der Waals surface area contributed by atoms with Gasteiger partial charge < -0.3 is 20.2 Å². The van der Waals surface area contributed by atoms with Crippen LogP contribution in [0.4, 0.5) is 4.79 Å². The van der Waals surface area contributed by atoms with E-state index in [1.807, 2.05) is 0 Å². The number of rotatable bonds is 4. The van der Waals surface area contributed by atoms with Crippen molar-refractivity contribution in [1.29, 1.82) is 0 Å². The lowest BCUT2D eigenvalue weighted by Gasteiger charge is -2.38. The number of nitrogens with one attached hydrogen (secondary N) is 1. The molecule has 7 heteroatoms. The van der Waals surface area contributed by atoms with E-state index in [1.165, 1.54) is 16.8 Å². The molecule has 0 unspecified atom stereocenters. The Morgan fingerprint density at radius 1 is 1.41 bits per heavy atom. The number of hydrogen-bond acceptors (Lipinski definition) is 3. The summed E-state index contributed by atoms with van der Waals surface area (Å²) in [6.45, 7) is 0.823. The molecular formula is C10H17N3O4. The highest BCUT2D eigenvalue weighted by Gasteiger charge is 2.36. The molecule has 7 nitrogen and oxygen atoms in total. The van der Waals surface area contributed by atoms with Crippen LogP contribution in [0.5, 0.6) is 0 Å². The van der Waals surface area contributed by atoms with Crippen molar-refractivity contribution in [1.82, 2.24) is 15.1 Å². The van der Waals surface area contributed by atoms with Crippen molar-refractivity contribution in [3.8, 4) is 0 Å². The molecule has 0 aromatic rings. The molecule has 0 atom stereocenters. The molecular weight excluding hydrogens is 226 g/mol. The number of carbonyl (C=O) groups is 3. The summed E-state index contributed by atoms with van der Waals surface area (Å²) in [6, 6.07) is -0.230. The fraction of sp³-hybridized carbons (Fsp3) is 0.700. The Morgan fingerprint density at radius 3 is 2.47 bits per heavy atom. The quantitative estimate of drug-likeness (QED) is 0.675. The van der Waals surface area contributed by atoms with Crippen LogP contribution in [0, 0.1) is 5.92 Å². The number of urea groups is 1. The van der Waals surface area contributed by atoms with Crippen molar-refractivity contribution in [2.24, 2.45) is 5.92 Å². The maximum absolute atomic E-state index is 11.7. The van der Waals surface area contributed by atoms with Gasteiger partial charge in [-0.15, -0.1) is 0 Å². The molecule has 0 aromatic carbocycles. The van der Waals surface area contributed by atoms with Crippen LogP contribution in [0.25, 0.3) is 0 Å². The Labute approximate surface area is 99.4 Å². The predicted octanol–water partition coefficient (Wildman–Crippen LogP) is -0.809. The zero-order chi connectivity index (χ0) is 13.0. The number of carboxylic acid groups (broad SMARTS) is 1. The van der Waals surface area contributed by atoms with Crippen LogP contribution in [0.3, 0.4) is 0 Å². The van der Waals surface area contributed by atoms with Crippen LogP contribution in [-0.4, -0.2) is 66.5 Å². The highest BCUT2D eigenvalue weighted by molar-refractivity contribution is 5.80. The molecule has 0 aromatic heterocycles. The highest BCUT2D eigenvalue weighted by atomic mass is 16.4. The first-order valence-corrected chi connectivity index (χ1v) is 5.39. The number of aliphatic carboxylic acids is 1. The Balaban J connectivity index is 2.29. The lowest BCUT2D eigenvalue weighted by Crippen LogP contribution is -2.56. The maximum Gasteiger partial charge on any atom is 0.319 e. The lowest BCUT2D eigenvalue weighted by atomic mass is 10.0. The molecule has 1 saturated heterocycles. The summed E-state index contributed by atoms with van der Waals surface area (Å²) in [7, 11) is 3.14. The molecule has 2 N–H and O–H groups in total. The van der Waals surface area contributed by atoms with Gasteiger partial charge >= 0.3 is 12.0 Å². The maximum atomic E-state index is 11.7. The molecule has 0 spiro atoms. The second kappa shape index (κ2) is 5.51. The van der Waals surface area contributed by atoms with Gasteiger partial charge in [-0.05, 0) is 0 Å². The molecule has 1 aliphatic heterocycles. The van der Waals surface area contributed by atoms with Crippen LogP contribution in [-0.2, 0) is 9.59 Å². The van der Waals surface area contributed by atoms with Gasteiger partial charge in [-0.2, -0.15) is 0 Å². The van der Waals surface area contributed by atoms with Gasteiger partial charge in [0.25, 0.3) is 0 Å². The second-order valence-electron chi connectivity index (χ2n) is 4.07. The van der Waals surface area contributed by atoms with Gasteiger partial charge in [0.05, 0.1) is 5.92 Å². The average molecular weight is 243 g/mol. The fourth-order valence-corrected chi connectivity index (χ4v) is 1.52. The van der Waals surface area contributed by atoms with Crippen molar-refractivity contribution in [3.63, 3.8) is 0 Å². The molecule has 0 bridgehead atoms. The molecule has 1 aliphatic rings. The topological polar surface area (TPSA) is 90.0 Å². The van der Waals surface area contributed by atoms with Gasteiger partial charge in [-0.25, -0.2) is 4.79 Å². The van der Waals surface area contributed by atoms with Crippen LogP contribution >= 0.6 is 0 Å². The number of carboxylic acids is 1. The van der Waals surface area contributed by atoms with E-state index >= 15 is 0 Å². The fourth-order valence-electron chi connectivity index (χ4n) is 1.52. The molecule has 3 amide bonds. The van der Waals surface area contributed by atoms with Gasteiger partial charge in [0, 0.05) is 40.2 Å². The van der Waals surface area contributed by atoms with E-state index in [4.69, 9.17) is 5.11 Å². The summed E-state index contributed by atoms with van der Waals surface area (Å²) in [4.78, 5) is 36.2. The molecule has 0 aliphatic carbocycles. The monoisotopic (exact) mass is 243 g/mol. The minimum absolute atomic E-state index is 0.128. The first-order chi connectivity index (χ1) is 7.95. The molecule has 1 rings (SSSR count). The van der Waals surface area contributed by atoms with Crippen LogP contribution in [0.15, 0.2) is 0 Å². The Kier molecular flexibility index (Phi) is 4.30. The average Bonchev–Trinajstić information content (AvgIpc) is 2.22. The van der Waals surface area contributed by atoms with Crippen molar-refractivity contribution < 1.29 is 19.5 Å². The van der Waals surface area contributed by atoms with E-state index in [0.29, 0.717) is 6.54 Å². The summed E-state index contributed by atoms with van der Waals surface area (Å²) < 4.78 is 0. The summed E-state index contributed by atoms with van der Waals surface area (Å²) in [5.41, 5.74) is 0. The van der Waals surface area contributed by atoms with Crippen LogP contribution in [0.1, 0.15) is 6.42 Å². The van der Waals surface area contributed by atoms with Crippen LogP contribution < -0.4 is 5.32 Å².